The zero-order chi connectivity index (χ0) is 14.9. The van der Waals surface area contributed by atoms with Crippen LogP contribution in [-0.4, -0.2) is 18.3 Å². The molecule has 0 aliphatic carbocycles. The van der Waals surface area contributed by atoms with Crippen LogP contribution in [0.2, 0.25) is 0 Å². The second-order valence-corrected chi connectivity index (χ2v) is 5.78. The van der Waals surface area contributed by atoms with Crippen molar-refractivity contribution < 1.29 is 0 Å². The molecule has 5 heteroatoms. The van der Waals surface area contributed by atoms with E-state index in [1.807, 2.05) is 30.3 Å². The van der Waals surface area contributed by atoms with Gasteiger partial charge >= 0.3 is 0 Å². The normalized spacial score (nSPS) is 10.9. The topological polar surface area (TPSA) is 50.4 Å². The van der Waals surface area contributed by atoms with Crippen LogP contribution in [0.1, 0.15) is 12.5 Å². The van der Waals surface area contributed by atoms with Crippen molar-refractivity contribution >= 4 is 47.4 Å². The molecule has 0 atom stereocenters. The van der Waals surface area contributed by atoms with Gasteiger partial charge in [-0.1, -0.05) is 37.3 Å². The Morgan fingerprint density at radius 1 is 1.14 bits per heavy atom. The lowest BCUT2D eigenvalue weighted by Gasteiger charge is -2.07. The van der Waals surface area contributed by atoms with E-state index in [1.54, 1.807) is 11.8 Å². The molecule has 0 aromatic heterocycles. The minimum absolute atomic E-state index is 0. The molecular weight excluding hydrogens is 405 g/mol. The summed E-state index contributed by atoms with van der Waals surface area (Å²) >= 11 is 1.78. The summed E-state index contributed by atoms with van der Waals surface area (Å²) < 4.78 is 0. The molecule has 0 radical (unpaired) electrons. The monoisotopic (exact) mass is 427 g/mol. The van der Waals surface area contributed by atoms with Crippen LogP contribution < -0.4 is 11.1 Å². The average molecular weight is 427 g/mol. The summed E-state index contributed by atoms with van der Waals surface area (Å²) in [4.78, 5) is 5.61. The first-order valence-electron chi connectivity index (χ1n) is 7.11. The molecule has 2 aromatic carbocycles. The molecule has 0 aliphatic rings. The van der Waals surface area contributed by atoms with Crippen molar-refractivity contribution in [3.8, 4) is 0 Å². The van der Waals surface area contributed by atoms with Crippen LogP contribution in [0.4, 0.5) is 5.69 Å². The van der Waals surface area contributed by atoms with E-state index in [-0.39, 0.29) is 24.0 Å². The molecule has 2 rings (SSSR count). The molecule has 3 nitrogen and oxygen atoms in total. The lowest BCUT2D eigenvalue weighted by atomic mass is 10.1. The highest BCUT2D eigenvalue weighted by molar-refractivity contribution is 14.0. The SMILES string of the molecule is CCc1cccc(NC(N)=NCCSc2ccccc2)c1.I. The van der Waals surface area contributed by atoms with Gasteiger partial charge in [0.05, 0.1) is 6.54 Å². The molecule has 0 saturated carbocycles. The summed E-state index contributed by atoms with van der Waals surface area (Å²) in [6.07, 6.45) is 1.01. The molecule has 0 bridgehead atoms. The summed E-state index contributed by atoms with van der Waals surface area (Å²) in [5.74, 6) is 1.39. The van der Waals surface area contributed by atoms with Gasteiger partial charge in [0.15, 0.2) is 5.96 Å². The zero-order valence-electron chi connectivity index (χ0n) is 12.7. The number of hydrogen-bond donors (Lipinski definition) is 2. The molecular formula is C17H22IN3S. The van der Waals surface area contributed by atoms with Crippen molar-refractivity contribution in [2.24, 2.45) is 10.7 Å². The molecule has 0 aliphatic heterocycles. The van der Waals surface area contributed by atoms with Crippen LogP contribution in [0.3, 0.4) is 0 Å². The number of nitrogens with two attached hydrogens (primary N) is 1. The van der Waals surface area contributed by atoms with Gasteiger partial charge in [0.2, 0.25) is 0 Å². The third-order valence-corrected chi connectivity index (χ3v) is 3.99. The molecule has 0 heterocycles. The summed E-state index contributed by atoms with van der Waals surface area (Å²) in [6.45, 7) is 2.84. The number of aryl methyl sites for hydroxylation is 1. The van der Waals surface area contributed by atoms with E-state index in [0.717, 1.165) is 17.9 Å². The van der Waals surface area contributed by atoms with Crippen LogP contribution in [0.5, 0.6) is 0 Å². The van der Waals surface area contributed by atoms with Gasteiger partial charge in [0.1, 0.15) is 0 Å². The predicted octanol–water partition coefficient (Wildman–Crippen LogP) is 4.39. The second kappa shape index (κ2) is 10.5. The van der Waals surface area contributed by atoms with Crippen LogP contribution in [0, 0.1) is 0 Å². The van der Waals surface area contributed by atoms with Gasteiger partial charge < -0.3 is 11.1 Å². The van der Waals surface area contributed by atoms with E-state index >= 15 is 0 Å². The van der Waals surface area contributed by atoms with Crippen molar-refractivity contribution in [3.05, 3.63) is 60.2 Å². The van der Waals surface area contributed by atoms with Crippen molar-refractivity contribution in [2.45, 2.75) is 18.2 Å². The molecule has 3 N–H and O–H groups in total. The van der Waals surface area contributed by atoms with E-state index in [9.17, 15) is 0 Å². The summed E-state index contributed by atoms with van der Waals surface area (Å²) in [5.41, 5.74) is 8.18. The maximum absolute atomic E-state index is 5.91. The molecule has 0 fully saturated rings. The minimum Gasteiger partial charge on any atom is -0.370 e. The van der Waals surface area contributed by atoms with Crippen molar-refractivity contribution in [2.75, 3.05) is 17.6 Å². The third kappa shape index (κ3) is 6.70. The fourth-order valence-corrected chi connectivity index (χ4v) is 2.67. The first kappa shape index (κ1) is 18.8. The number of guanidine groups is 1. The van der Waals surface area contributed by atoms with Gasteiger partial charge in [-0.05, 0) is 36.2 Å². The van der Waals surface area contributed by atoms with E-state index in [1.165, 1.54) is 10.5 Å². The molecule has 0 saturated heterocycles. The first-order chi connectivity index (χ1) is 10.3. The Kier molecular flexibility index (Phi) is 9.00. The highest BCUT2D eigenvalue weighted by atomic mass is 127. The Morgan fingerprint density at radius 3 is 2.64 bits per heavy atom. The second-order valence-electron chi connectivity index (χ2n) is 4.61. The van der Waals surface area contributed by atoms with Gasteiger partial charge in [-0.15, -0.1) is 35.7 Å². The van der Waals surface area contributed by atoms with Crippen molar-refractivity contribution in [3.63, 3.8) is 0 Å². The Bertz CT molecular complexity index is 587. The number of hydrogen-bond acceptors (Lipinski definition) is 2. The number of nitrogens with zero attached hydrogens (tertiary/aromatic N) is 1. The Morgan fingerprint density at radius 2 is 1.91 bits per heavy atom. The fraction of sp³-hybridized carbons (Fsp3) is 0.235. The van der Waals surface area contributed by atoms with Crippen LogP contribution in [0.15, 0.2) is 64.5 Å². The smallest absolute Gasteiger partial charge is 0.193 e. The Hall–Kier alpha value is -1.21. The molecule has 2 aromatic rings. The number of benzene rings is 2. The fourth-order valence-electron chi connectivity index (χ4n) is 1.90. The quantitative estimate of drug-likeness (QED) is 0.237. The van der Waals surface area contributed by atoms with E-state index in [0.29, 0.717) is 12.5 Å². The summed E-state index contributed by atoms with van der Waals surface area (Å²) in [6, 6.07) is 18.5. The molecule has 22 heavy (non-hydrogen) atoms. The molecule has 118 valence electrons. The zero-order valence-corrected chi connectivity index (χ0v) is 15.8. The maximum atomic E-state index is 5.91. The minimum atomic E-state index is 0. The van der Waals surface area contributed by atoms with Crippen molar-refractivity contribution in [1.82, 2.24) is 0 Å². The third-order valence-electron chi connectivity index (χ3n) is 2.99. The van der Waals surface area contributed by atoms with E-state index < -0.39 is 0 Å². The number of thioether (sulfide) groups is 1. The van der Waals surface area contributed by atoms with Gasteiger partial charge in [0, 0.05) is 16.3 Å². The number of rotatable bonds is 6. The van der Waals surface area contributed by atoms with Crippen LogP contribution >= 0.6 is 35.7 Å². The number of anilines is 1. The van der Waals surface area contributed by atoms with Gasteiger partial charge in [-0.3, -0.25) is 4.99 Å². The molecule has 0 spiro atoms. The average Bonchev–Trinajstić information content (AvgIpc) is 2.53. The van der Waals surface area contributed by atoms with Gasteiger partial charge in [0.25, 0.3) is 0 Å². The Balaban J connectivity index is 0.00000242. The maximum Gasteiger partial charge on any atom is 0.193 e. The largest absolute Gasteiger partial charge is 0.370 e. The number of halogens is 1. The summed E-state index contributed by atoms with van der Waals surface area (Å²) in [5, 5.41) is 3.13. The van der Waals surface area contributed by atoms with Gasteiger partial charge in [-0.2, -0.15) is 0 Å². The lowest BCUT2D eigenvalue weighted by Crippen LogP contribution is -2.23. The highest BCUT2D eigenvalue weighted by Crippen LogP contribution is 2.16. The molecule has 0 amide bonds. The first-order valence-corrected chi connectivity index (χ1v) is 8.10. The predicted molar refractivity (Wildman–Crippen MR) is 109 cm³/mol. The van der Waals surface area contributed by atoms with Crippen molar-refractivity contribution in [1.29, 1.82) is 0 Å². The standard InChI is InChI=1S/C17H21N3S.HI/c1-2-14-7-6-8-15(13-14)20-17(18)19-11-12-21-16-9-4-3-5-10-16;/h3-10,13H,2,11-12H2,1H3,(H3,18,19,20);1H. The van der Waals surface area contributed by atoms with E-state index in [4.69, 9.17) is 5.73 Å². The highest BCUT2D eigenvalue weighted by Gasteiger charge is 1.97. The van der Waals surface area contributed by atoms with Crippen LogP contribution in [0.25, 0.3) is 0 Å². The molecule has 0 unspecified atom stereocenters. The Labute approximate surface area is 153 Å². The van der Waals surface area contributed by atoms with Crippen LogP contribution in [-0.2, 0) is 6.42 Å². The van der Waals surface area contributed by atoms with Gasteiger partial charge in [-0.25, -0.2) is 0 Å². The number of aliphatic imine (C=N–C) groups is 1. The lowest BCUT2D eigenvalue weighted by molar-refractivity contribution is 1.13. The van der Waals surface area contributed by atoms with E-state index in [2.05, 4.69) is 41.5 Å². The number of nitrogens with one attached hydrogen (secondary N) is 1. The summed E-state index contributed by atoms with van der Waals surface area (Å²) in [7, 11) is 0.